The maximum atomic E-state index is 6.29. The minimum Gasteiger partial charge on any atom is -0.118 e. The maximum Gasteiger partial charge on any atom is 0.0552 e. The molecule has 0 amide bonds. The Morgan fingerprint density at radius 2 is 1.92 bits per heavy atom. The highest BCUT2D eigenvalue weighted by molar-refractivity contribution is 6.22. The molecule has 3 rings (SSSR count). The number of fused-ring (bicyclic) bond motifs is 5. The summed E-state index contributed by atoms with van der Waals surface area (Å²) in [5.74, 6) is 3.28. The van der Waals surface area contributed by atoms with Crippen LogP contribution in [-0.2, 0) is 0 Å². The molecule has 0 heterocycles. The van der Waals surface area contributed by atoms with Gasteiger partial charge in [-0.2, -0.15) is 0 Å². The minimum absolute atomic E-state index is 0.309. The van der Waals surface area contributed by atoms with Crippen LogP contribution < -0.4 is 0 Å². The summed E-state index contributed by atoms with van der Waals surface area (Å²) in [6, 6.07) is 0. The third kappa shape index (κ3) is 0.794. The lowest BCUT2D eigenvalue weighted by Crippen LogP contribution is -2.29. The summed E-state index contributed by atoms with van der Waals surface area (Å²) in [5.41, 5.74) is 0. The SMILES string of the molecule is ClC1C=CCC2C3C=CC(C3)C12. The van der Waals surface area contributed by atoms with Crippen molar-refractivity contribution in [1.29, 1.82) is 0 Å². The Balaban J connectivity index is 1.97. The maximum absolute atomic E-state index is 6.29. The molecule has 0 aliphatic heterocycles. The molecule has 3 aliphatic carbocycles. The minimum atomic E-state index is 0.309. The predicted molar refractivity (Wildman–Crippen MR) is 51.1 cm³/mol. The summed E-state index contributed by atoms with van der Waals surface area (Å²) in [4.78, 5) is 0. The molecule has 0 aromatic carbocycles. The summed E-state index contributed by atoms with van der Waals surface area (Å²) in [5, 5.41) is 0.309. The molecule has 1 heteroatoms. The van der Waals surface area contributed by atoms with Crippen LogP contribution in [0.15, 0.2) is 24.3 Å². The van der Waals surface area contributed by atoms with Crippen molar-refractivity contribution in [3.8, 4) is 0 Å². The molecule has 2 bridgehead atoms. The van der Waals surface area contributed by atoms with Gasteiger partial charge >= 0.3 is 0 Å². The van der Waals surface area contributed by atoms with E-state index in [9.17, 15) is 0 Å². The first-order valence-corrected chi connectivity index (χ1v) is 5.29. The smallest absolute Gasteiger partial charge is 0.0552 e. The average Bonchev–Trinajstić information content (AvgIpc) is 2.64. The van der Waals surface area contributed by atoms with Crippen molar-refractivity contribution >= 4 is 11.6 Å². The topological polar surface area (TPSA) is 0 Å². The molecular formula is C11H13Cl. The van der Waals surface area contributed by atoms with Gasteiger partial charge in [0.25, 0.3) is 0 Å². The Morgan fingerprint density at radius 1 is 1.08 bits per heavy atom. The second-order valence-corrected chi connectivity index (χ2v) is 4.80. The van der Waals surface area contributed by atoms with Crippen LogP contribution >= 0.6 is 11.6 Å². The van der Waals surface area contributed by atoms with Crippen LogP contribution in [0.5, 0.6) is 0 Å². The average molecular weight is 181 g/mol. The largest absolute Gasteiger partial charge is 0.118 e. The van der Waals surface area contributed by atoms with Crippen LogP contribution in [0.1, 0.15) is 12.8 Å². The van der Waals surface area contributed by atoms with Crippen LogP contribution in [0.3, 0.4) is 0 Å². The highest BCUT2D eigenvalue weighted by Gasteiger charge is 2.47. The summed E-state index contributed by atoms with van der Waals surface area (Å²) >= 11 is 6.29. The van der Waals surface area contributed by atoms with E-state index in [2.05, 4.69) is 24.3 Å². The summed E-state index contributed by atoms with van der Waals surface area (Å²) in [6.07, 6.45) is 11.9. The third-order valence-electron chi connectivity index (χ3n) is 3.78. The van der Waals surface area contributed by atoms with E-state index in [1.807, 2.05) is 0 Å². The van der Waals surface area contributed by atoms with Crippen molar-refractivity contribution in [3.63, 3.8) is 0 Å². The molecule has 0 spiro atoms. The molecule has 12 heavy (non-hydrogen) atoms. The summed E-state index contributed by atoms with van der Waals surface area (Å²) in [7, 11) is 0. The van der Waals surface area contributed by atoms with Crippen molar-refractivity contribution in [3.05, 3.63) is 24.3 Å². The number of halogens is 1. The predicted octanol–water partition coefficient (Wildman–Crippen LogP) is 2.99. The van der Waals surface area contributed by atoms with Crippen molar-refractivity contribution in [2.45, 2.75) is 18.2 Å². The lowest BCUT2D eigenvalue weighted by molar-refractivity contribution is 0.306. The van der Waals surface area contributed by atoms with E-state index in [1.54, 1.807) is 0 Å². The molecule has 5 unspecified atom stereocenters. The zero-order valence-electron chi connectivity index (χ0n) is 6.99. The Labute approximate surface area is 78.3 Å². The van der Waals surface area contributed by atoms with Gasteiger partial charge in [-0.1, -0.05) is 24.3 Å². The standard InChI is InChI=1S/C11H13Cl/c12-10-3-1-2-9-7-4-5-8(6-7)11(9)10/h1,3-5,7-11H,2,6H2. The fraction of sp³-hybridized carbons (Fsp3) is 0.636. The van der Waals surface area contributed by atoms with Gasteiger partial charge in [0.1, 0.15) is 0 Å². The second kappa shape index (κ2) is 2.38. The lowest BCUT2D eigenvalue weighted by atomic mass is 9.76. The molecule has 0 saturated heterocycles. The molecule has 0 nitrogen and oxygen atoms in total. The van der Waals surface area contributed by atoms with Gasteiger partial charge in [-0.05, 0) is 36.5 Å². The Kier molecular flexibility index (Phi) is 1.43. The number of alkyl halides is 1. The molecule has 0 N–H and O–H groups in total. The van der Waals surface area contributed by atoms with Gasteiger partial charge in [0.15, 0.2) is 0 Å². The zero-order chi connectivity index (χ0) is 8.13. The van der Waals surface area contributed by atoms with Crippen LogP contribution in [0.25, 0.3) is 0 Å². The van der Waals surface area contributed by atoms with E-state index >= 15 is 0 Å². The van der Waals surface area contributed by atoms with Gasteiger partial charge in [-0.3, -0.25) is 0 Å². The van der Waals surface area contributed by atoms with E-state index in [-0.39, 0.29) is 0 Å². The summed E-state index contributed by atoms with van der Waals surface area (Å²) in [6.45, 7) is 0. The van der Waals surface area contributed by atoms with Crippen molar-refractivity contribution in [2.75, 3.05) is 0 Å². The molecule has 0 aromatic heterocycles. The van der Waals surface area contributed by atoms with Gasteiger partial charge < -0.3 is 0 Å². The molecule has 0 radical (unpaired) electrons. The molecule has 3 aliphatic rings. The van der Waals surface area contributed by atoms with Gasteiger partial charge in [0.2, 0.25) is 0 Å². The van der Waals surface area contributed by atoms with Crippen molar-refractivity contribution in [2.24, 2.45) is 23.7 Å². The quantitative estimate of drug-likeness (QED) is 0.397. The van der Waals surface area contributed by atoms with Gasteiger partial charge in [-0.25, -0.2) is 0 Å². The number of hydrogen-bond donors (Lipinski definition) is 0. The summed E-state index contributed by atoms with van der Waals surface area (Å²) < 4.78 is 0. The van der Waals surface area contributed by atoms with E-state index in [0.717, 1.165) is 23.7 Å². The molecule has 64 valence electrons. The number of allylic oxidation sites excluding steroid dienone is 4. The van der Waals surface area contributed by atoms with Crippen LogP contribution in [0.4, 0.5) is 0 Å². The zero-order valence-corrected chi connectivity index (χ0v) is 7.74. The van der Waals surface area contributed by atoms with E-state index < -0.39 is 0 Å². The molecule has 1 fully saturated rings. The molecular weight excluding hydrogens is 168 g/mol. The molecule has 5 atom stereocenters. The van der Waals surface area contributed by atoms with E-state index in [0.29, 0.717) is 5.38 Å². The van der Waals surface area contributed by atoms with Crippen molar-refractivity contribution in [1.82, 2.24) is 0 Å². The van der Waals surface area contributed by atoms with Gasteiger partial charge in [-0.15, -0.1) is 11.6 Å². The first-order chi connectivity index (χ1) is 5.86. The van der Waals surface area contributed by atoms with Crippen LogP contribution in [0, 0.1) is 23.7 Å². The first kappa shape index (κ1) is 7.20. The van der Waals surface area contributed by atoms with Crippen LogP contribution in [0.2, 0.25) is 0 Å². The van der Waals surface area contributed by atoms with Crippen LogP contribution in [-0.4, -0.2) is 5.38 Å². The van der Waals surface area contributed by atoms with Gasteiger partial charge in [0.05, 0.1) is 5.38 Å². The normalized spacial score (nSPS) is 54.6. The second-order valence-electron chi connectivity index (χ2n) is 4.30. The monoisotopic (exact) mass is 180 g/mol. The molecule has 1 saturated carbocycles. The van der Waals surface area contributed by atoms with E-state index in [1.165, 1.54) is 12.8 Å². The lowest BCUT2D eigenvalue weighted by Gasteiger charge is -2.32. The third-order valence-corrected chi connectivity index (χ3v) is 4.22. The molecule has 0 aromatic rings. The fourth-order valence-corrected chi connectivity index (χ4v) is 3.74. The highest BCUT2D eigenvalue weighted by atomic mass is 35.5. The van der Waals surface area contributed by atoms with E-state index in [4.69, 9.17) is 11.6 Å². The number of rotatable bonds is 0. The Hall–Kier alpha value is -0.230. The fourth-order valence-electron chi connectivity index (χ4n) is 3.26. The first-order valence-electron chi connectivity index (χ1n) is 4.85. The number of hydrogen-bond acceptors (Lipinski definition) is 0. The Bertz CT molecular complexity index is 254. The van der Waals surface area contributed by atoms with Crippen molar-refractivity contribution < 1.29 is 0 Å². The highest BCUT2D eigenvalue weighted by Crippen LogP contribution is 2.53. The Morgan fingerprint density at radius 3 is 2.75 bits per heavy atom. The van der Waals surface area contributed by atoms with Gasteiger partial charge in [0, 0.05) is 0 Å².